The van der Waals surface area contributed by atoms with E-state index in [9.17, 15) is 22.0 Å². The third kappa shape index (κ3) is 5.78. The molecule has 1 amide bonds. The number of amides is 1. The van der Waals surface area contributed by atoms with E-state index in [-0.39, 0.29) is 16.6 Å². The number of aromatic nitrogens is 3. The molecule has 9 nitrogen and oxygen atoms in total. The van der Waals surface area contributed by atoms with Gasteiger partial charge in [0.15, 0.2) is 10.8 Å². The normalized spacial score (nSPS) is 12.9. The minimum absolute atomic E-state index is 0.0178. The Labute approximate surface area is 194 Å². The summed E-state index contributed by atoms with van der Waals surface area (Å²) < 4.78 is 57.3. The zero-order chi connectivity index (χ0) is 24.2. The molecule has 1 atom stereocenters. The number of carbonyl (C=O) groups is 1. The number of alkyl halides is 2. The maximum atomic E-state index is 12.8. The van der Waals surface area contributed by atoms with Crippen LogP contribution < -0.4 is 10.1 Å². The lowest BCUT2D eigenvalue weighted by molar-refractivity contribution is -0.115. The molecule has 33 heavy (non-hydrogen) atoms. The monoisotopic (exact) mass is 499 g/mol. The Morgan fingerprint density at radius 1 is 1.15 bits per heavy atom. The van der Waals surface area contributed by atoms with Gasteiger partial charge in [0.2, 0.25) is 15.9 Å². The van der Waals surface area contributed by atoms with Crippen molar-refractivity contribution in [3.05, 3.63) is 42.6 Å². The zero-order valence-corrected chi connectivity index (χ0v) is 19.7. The fraction of sp³-hybridized carbons (Fsp3) is 0.350. The number of fused-ring (bicyclic) bond motifs is 1. The van der Waals surface area contributed by atoms with Gasteiger partial charge in [-0.1, -0.05) is 25.6 Å². The van der Waals surface area contributed by atoms with E-state index in [1.54, 1.807) is 26.8 Å². The first-order valence-electron chi connectivity index (χ1n) is 10.0. The summed E-state index contributed by atoms with van der Waals surface area (Å²) in [6, 6.07) is 8.57. The van der Waals surface area contributed by atoms with Crippen molar-refractivity contribution in [2.45, 2.75) is 42.7 Å². The number of hydrogen-bond acceptors (Lipinski definition) is 7. The first kappa shape index (κ1) is 24.9. The van der Waals surface area contributed by atoms with Gasteiger partial charge in [-0.2, -0.15) is 13.1 Å². The molecule has 2 heterocycles. The Morgan fingerprint density at radius 2 is 1.82 bits per heavy atom. The van der Waals surface area contributed by atoms with Crippen LogP contribution >= 0.6 is 11.8 Å². The summed E-state index contributed by atoms with van der Waals surface area (Å²) >= 11 is 1.10. The summed E-state index contributed by atoms with van der Waals surface area (Å²) in [5.74, 6) is -0.373. The molecule has 3 aromatic rings. The average molecular weight is 500 g/mol. The highest BCUT2D eigenvalue weighted by atomic mass is 32.2. The second kappa shape index (κ2) is 10.4. The van der Waals surface area contributed by atoms with Crippen LogP contribution in [0, 0.1) is 0 Å². The van der Waals surface area contributed by atoms with E-state index in [1.807, 2.05) is 0 Å². The molecule has 0 radical (unpaired) electrons. The Kier molecular flexibility index (Phi) is 7.87. The van der Waals surface area contributed by atoms with Crippen molar-refractivity contribution in [2.24, 2.45) is 0 Å². The average Bonchev–Trinajstić information content (AvgIpc) is 3.17. The fourth-order valence-corrected chi connectivity index (χ4v) is 5.26. The third-order valence-electron chi connectivity index (χ3n) is 4.69. The SMILES string of the molecule is CCN(CC)S(=O)(=O)c1ccc2nnc(SC(C)C(=O)Nc3ccc(OC(F)F)cc3)n2c1. The molecule has 0 saturated carbocycles. The van der Waals surface area contributed by atoms with Gasteiger partial charge < -0.3 is 10.1 Å². The van der Waals surface area contributed by atoms with Crippen molar-refractivity contribution in [3.63, 3.8) is 0 Å². The molecule has 0 saturated heterocycles. The minimum atomic E-state index is -3.67. The van der Waals surface area contributed by atoms with Gasteiger partial charge in [-0.25, -0.2) is 8.42 Å². The molecule has 13 heteroatoms. The Morgan fingerprint density at radius 3 is 2.42 bits per heavy atom. The van der Waals surface area contributed by atoms with Gasteiger partial charge >= 0.3 is 6.61 Å². The van der Waals surface area contributed by atoms with Crippen LogP contribution in [0.1, 0.15) is 20.8 Å². The number of thioether (sulfide) groups is 1. The van der Waals surface area contributed by atoms with Crippen molar-refractivity contribution in [1.82, 2.24) is 18.9 Å². The van der Waals surface area contributed by atoms with Gasteiger partial charge in [-0.05, 0) is 43.3 Å². The van der Waals surface area contributed by atoms with Gasteiger partial charge in [0.1, 0.15) is 5.75 Å². The van der Waals surface area contributed by atoms with E-state index in [1.165, 1.54) is 45.2 Å². The van der Waals surface area contributed by atoms with Crippen LogP contribution in [0.3, 0.4) is 0 Å². The van der Waals surface area contributed by atoms with Crippen LogP contribution in [-0.2, 0) is 14.8 Å². The molecular formula is C20H23F2N5O4S2. The van der Waals surface area contributed by atoms with Crippen molar-refractivity contribution < 1.29 is 26.7 Å². The number of pyridine rings is 1. The highest BCUT2D eigenvalue weighted by Crippen LogP contribution is 2.26. The number of halogens is 2. The van der Waals surface area contributed by atoms with E-state index >= 15 is 0 Å². The summed E-state index contributed by atoms with van der Waals surface area (Å²) in [6.07, 6.45) is 1.44. The number of anilines is 1. The van der Waals surface area contributed by atoms with Crippen LogP contribution in [0.25, 0.3) is 5.65 Å². The van der Waals surface area contributed by atoms with E-state index < -0.39 is 21.9 Å². The molecule has 3 rings (SSSR count). The number of carbonyl (C=O) groups excluding carboxylic acids is 1. The van der Waals surface area contributed by atoms with E-state index in [0.717, 1.165) is 11.8 Å². The largest absolute Gasteiger partial charge is 0.435 e. The molecule has 0 bridgehead atoms. The predicted octanol–water partition coefficient (Wildman–Crippen LogP) is 3.48. The number of sulfonamides is 1. The number of nitrogens with one attached hydrogen (secondary N) is 1. The van der Waals surface area contributed by atoms with Crippen molar-refractivity contribution in [1.29, 1.82) is 0 Å². The van der Waals surface area contributed by atoms with Gasteiger partial charge in [-0.3, -0.25) is 9.20 Å². The summed E-state index contributed by atoms with van der Waals surface area (Å²) in [7, 11) is -3.67. The summed E-state index contributed by atoms with van der Waals surface area (Å²) in [5.41, 5.74) is 0.853. The summed E-state index contributed by atoms with van der Waals surface area (Å²) in [4.78, 5) is 12.7. The Bertz CT molecular complexity index is 1210. The van der Waals surface area contributed by atoms with Crippen molar-refractivity contribution in [3.8, 4) is 5.75 Å². The molecule has 0 spiro atoms. The second-order valence-electron chi connectivity index (χ2n) is 6.82. The van der Waals surface area contributed by atoms with Crippen LogP contribution in [0.5, 0.6) is 5.75 Å². The fourth-order valence-electron chi connectivity index (χ4n) is 2.97. The van der Waals surface area contributed by atoms with Crippen molar-refractivity contribution in [2.75, 3.05) is 18.4 Å². The van der Waals surface area contributed by atoms with Crippen LogP contribution in [0.15, 0.2) is 52.6 Å². The number of rotatable bonds is 10. The molecule has 1 unspecified atom stereocenters. The van der Waals surface area contributed by atoms with Crippen LogP contribution in [-0.4, -0.2) is 58.2 Å². The first-order chi connectivity index (χ1) is 15.6. The second-order valence-corrected chi connectivity index (χ2v) is 10.1. The highest BCUT2D eigenvalue weighted by Gasteiger charge is 2.24. The lowest BCUT2D eigenvalue weighted by Gasteiger charge is -2.18. The molecular weight excluding hydrogens is 476 g/mol. The molecule has 0 aliphatic heterocycles. The maximum absolute atomic E-state index is 12.8. The third-order valence-corrected chi connectivity index (χ3v) is 7.78. The summed E-state index contributed by atoms with van der Waals surface area (Å²) in [6.45, 7) is 2.94. The molecule has 1 N–H and O–H groups in total. The molecule has 2 aromatic heterocycles. The smallest absolute Gasteiger partial charge is 0.387 e. The van der Waals surface area contributed by atoms with Gasteiger partial charge in [0.25, 0.3) is 0 Å². The Hall–Kier alpha value is -2.77. The molecule has 1 aromatic carbocycles. The standard InChI is InChI=1S/C20H23F2N5O4S2/c1-4-26(5-2)33(29,30)16-10-11-17-24-25-20(27(17)12-16)32-13(3)18(28)23-14-6-8-15(9-7-14)31-19(21)22/h6-13,19H,4-5H2,1-3H3,(H,23,28). The molecule has 178 valence electrons. The van der Waals surface area contributed by atoms with Crippen molar-refractivity contribution >= 4 is 39.0 Å². The van der Waals surface area contributed by atoms with E-state index in [2.05, 4.69) is 20.3 Å². The molecule has 0 aliphatic rings. The highest BCUT2D eigenvalue weighted by molar-refractivity contribution is 8.00. The zero-order valence-electron chi connectivity index (χ0n) is 18.1. The quantitative estimate of drug-likeness (QED) is 0.426. The molecule has 0 fully saturated rings. The van der Waals surface area contributed by atoms with E-state index in [4.69, 9.17) is 0 Å². The first-order valence-corrected chi connectivity index (χ1v) is 12.3. The van der Waals surface area contributed by atoms with Gasteiger partial charge in [0.05, 0.1) is 10.1 Å². The number of ether oxygens (including phenoxy) is 1. The van der Waals surface area contributed by atoms with Gasteiger partial charge in [0, 0.05) is 25.0 Å². The predicted molar refractivity (Wildman–Crippen MR) is 120 cm³/mol. The van der Waals surface area contributed by atoms with E-state index in [0.29, 0.717) is 29.6 Å². The lowest BCUT2D eigenvalue weighted by Crippen LogP contribution is -2.30. The number of hydrogen-bond donors (Lipinski definition) is 1. The maximum Gasteiger partial charge on any atom is 0.387 e. The van der Waals surface area contributed by atoms with Crippen LogP contribution in [0.4, 0.5) is 14.5 Å². The summed E-state index contributed by atoms with van der Waals surface area (Å²) in [5, 5.41) is 10.5. The van der Waals surface area contributed by atoms with Crippen LogP contribution in [0.2, 0.25) is 0 Å². The topological polar surface area (TPSA) is 106 Å². The van der Waals surface area contributed by atoms with Gasteiger partial charge in [-0.15, -0.1) is 10.2 Å². The lowest BCUT2D eigenvalue weighted by atomic mass is 10.3. The Balaban J connectivity index is 1.75. The number of nitrogens with zero attached hydrogens (tertiary/aromatic N) is 4. The molecule has 0 aliphatic carbocycles. The minimum Gasteiger partial charge on any atom is -0.435 e. The number of benzene rings is 1.